The summed E-state index contributed by atoms with van der Waals surface area (Å²) in [7, 11) is 0. The highest BCUT2D eigenvalue weighted by atomic mass is 32.2. The zero-order valence-corrected chi connectivity index (χ0v) is 11.0. The Morgan fingerprint density at radius 2 is 2.00 bits per heavy atom. The monoisotopic (exact) mass is 263 g/mol. The van der Waals surface area contributed by atoms with Gasteiger partial charge in [-0.25, -0.2) is 4.21 Å². The van der Waals surface area contributed by atoms with E-state index in [1.54, 1.807) is 6.92 Å². The second-order valence-electron chi connectivity index (χ2n) is 4.41. The zero-order chi connectivity index (χ0) is 12.8. The van der Waals surface area contributed by atoms with Gasteiger partial charge in [0.05, 0.1) is 17.3 Å². The van der Waals surface area contributed by atoms with Gasteiger partial charge in [-0.1, -0.05) is 20.3 Å². The number of hydrogen-bond acceptors (Lipinski definition) is 5. The molecule has 6 heteroatoms. The SMILES string of the molecule is CCC(C)C(=O)OC1CCCCC1OS(=O)[O-]. The maximum Gasteiger partial charge on any atom is 0.309 e. The van der Waals surface area contributed by atoms with Gasteiger partial charge in [0.1, 0.15) is 12.2 Å². The van der Waals surface area contributed by atoms with Gasteiger partial charge >= 0.3 is 5.97 Å². The first-order valence-electron chi connectivity index (χ1n) is 6.01. The molecular formula is C11H19O5S-. The Balaban J connectivity index is 2.53. The molecule has 4 unspecified atom stereocenters. The van der Waals surface area contributed by atoms with E-state index in [4.69, 9.17) is 8.92 Å². The molecule has 1 fully saturated rings. The number of carbonyl (C=O) groups excluding carboxylic acids is 1. The normalized spacial score (nSPS) is 28.4. The minimum Gasteiger partial charge on any atom is -0.750 e. The van der Waals surface area contributed by atoms with Gasteiger partial charge in [0.2, 0.25) is 0 Å². The van der Waals surface area contributed by atoms with E-state index in [2.05, 4.69) is 0 Å². The van der Waals surface area contributed by atoms with Crippen LogP contribution in [0, 0.1) is 5.92 Å². The molecular weight excluding hydrogens is 244 g/mol. The zero-order valence-electron chi connectivity index (χ0n) is 10.2. The fraction of sp³-hybridized carbons (Fsp3) is 0.909. The van der Waals surface area contributed by atoms with Crippen molar-refractivity contribution in [1.82, 2.24) is 0 Å². The van der Waals surface area contributed by atoms with Crippen LogP contribution in [0.2, 0.25) is 0 Å². The summed E-state index contributed by atoms with van der Waals surface area (Å²) in [6, 6.07) is 0. The fourth-order valence-corrected chi connectivity index (χ4v) is 2.26. The Kier molecular flexibility index (Phi) is 6.08. The van der Waals surface area contributed by atoms with Crippen molar-refractivity contribution in [2.24, 2.45) is 5.92 Å². The number of esters is 1. The van der Waals surface area contributed by atoms with Crippen molar-refractivity contribution in [3.8, 4) is 0 Å². The standard InChI is InChI=1S/C11H20O5S/c1-3-8(2)11(12)15-9-6-4-5-7-10(9)16-17(13)14/h8-10H,3-7H2,1-2H3,(H,13,14)/p-1. The molecule has 5 nitrogen and oxygen atoms in total. The van der Waals surface area contributed by atoms with Crippen molar-refractivity contribution in [3.63, 3.8) is 0 Å². The van der Waals surface area contributed by atoms with Crippen molar-refractivity contribution in [2.45, 2.75) is 58.2 Å². The van der Waals surface area contributed by atoms with Gasteiger partial charge in [-0.15, -0.1) is 0 Å². The minimum absolute atomic E-state index is 0.157. The van der Waals surface area contributed by atoms with E-state index in [-0.39, 0.29) is 11.9 Å². The van der Waals surface area contributed by atoms with E-state index in [1.165, 1.54) is 0 Å². The molecule has 1 rings (SSSR count). The van der Waals surface area contributed by atoms with E-state index in [1.807, 2.05) is 6.92 Å². The summed E-state index contributed by atoms with van der Waals surface area (Å²) in [6.07, 6.45) is 2.89. The molecule has 1 aliphatic rings. The first kappa shape index (κ1) is 14.6. The lowest BCUT2D eigenvalue weighted by molar-refractivity contribution is -0.160. The highest BCUT2D eigenvalue weighted by Gasteiger charge is 2.30. The lowest BCUT2D eigenvalue weighted by Gasteiger charge is -2.31. The van der Waals surface area contributed by atoms with Gasteiger partial charge in [0, 0.05) is 0 Å². The Labute approximate surface area is 104 Å². The molecule has 0 amide bonds. The summed E-state index contributed by atoms with van der Waals surface area (Å²) in [5, 5.41) is 0. The lowest BCUT2D eigenvalue weighted by Crippen LogP contribution is -2.37. The van der Waals surface area contributed by atoms with Crippen LogP contribution < -0.4 is 0 Å². The van der Waals surface area contributed by atoms with Gasteiger partial charge in [-0.05, 0) is 25.7 Å². The van der Waals surface area contributed by atoms with Gasteiger partial charge in [-0.3, -0.25) is 8.98 Å². The summed E-state index contributed by atoms with van der Waals surface area (Å²) in [4.78, 5) is 11.6. The smallest absolute Gasteiger partial charge is 0.309 e. The Hall–Kier alpha value is -0.460. The molecule has 1 saturated carbocycles. The Morgan fingerprint density at radius 3 is 2.53 bits per heavy atom. The average molecular weight is 263 g/mol. The molecule has 0 bridgehead atoms. The minimum atomic E-state index is -2.55. The summed E-state index contributed by atoms with van der Waals surface area (Å²) >= 11 is -2.55. The van der Waals surface area contributed by atoms with Crippen LogP contribution in [-0.2, 0) is 25.1 Å². The van der Waals surface area contributed by atoms with E-state index < -0.39 is 23.6 Å². The predicted octanol–water partition coefficient (Wildman–Crippen LogP) is 1.70. The third kappa shape index (κ3) is 4.73. The second kappa shape index (κ2) is 7.08. The van der Waals surface area contributed by atoms with Gasteiger partial charge in [0.15, 0.2) is 0 Å². The maximum absolute atomic E-state index is 11.6. The summed E-state index contributed by atoms with van der Waals surface area (Å²) < 4.78 is 31.1. The van der Waals surface area contributed by atoms with E-state index in [0.29, 0.717) is 19.3 Å². The topological polar surface area (TPSA) is 75.7 Å². The molecule has 0 spiro atoms. The number of rotatable bonds is 5. The molecule has 0 radical (unpaired) electrons. The van der Waals surface area contributed by atoms with Crippen LogP contribution in [0.25, 0.3) is 0 Å². The van der Waals surface area contributed by atoms with E-state index in [0.717, 1.165) is 12.8 Å². The molecule has 0 aromatic rings. The number of hydrogen-bond donors (Lipinski definition) is 0. The van der Waals surface area contributed by atoms with Crippen LogP contribution in [0.3, 0.4) is 0 Å². The van der Waals surface area contributed by atoms with Crippen LogP contribution >= 0.6 is 0 Å². The molecule has 0 aromatic heterocycles. The molecule has 0 saturated heterocycles. The molecule has 0 heterocycles. The molecule has 0 aromatic carbocycles. The van der Waals surface area contributed by atoms with E-state index in [9.17, 15) is 13.6 Å². The quantitative estimate of drug-likeness (QED) is 0.557. The molecule has 0 aliphatic heterocycles. The lowest BCUT2D eigenvalue weighted by atomic mass is 9.94. The van der Waals surface area contributed by atoms with Crippen molar-refractivity contribution >= 4 is 17.3 Å². The van der Waals surface area contributed by atoms with E-state index >= 15 is 0 Å². The third-order valence-corrected chi connectivity index (χ3v) is 3.53. The predicted molar refractivity (Wildman–Crippen MR) is 61.6 cm³/mol. The highest BCUT2D eigenvalue weighted by molar-refractivity contribution is 7.74. The highest BCUT2D eigenvalue weighted by Crippen LogP contribution is 2.25. The first-order valence-corrected chi connectivity index (χ1v) is 7.01. The van der Waals surface area contributed by atoms with Crippen molar-refractivity contribution in [2.75, 3.05) is 0 Å². The van der Waals surface area contributed by atoms with Crippen molar-refractivity contribution in [1.29, 1.82) is 0 Å². The van der Waals surface area contributed by atoms with Crippen molar-refractivity contribution in [3.05, 3.63) is 0 Å². The molecule has 1 aliphatic carbocycles. The molecule has 4 atom stereocenters. The summed E-state index contributed by atoms with van der Waals surface area (Å²) in [5.41, 5.74) is 0. The van der Waals surface area contributed by atoms with Gasteiger partial charge in [-0.2, -0.15) is 0 Å². The average Bonchev–Trinajstić information content (AvgIpc) is 2.29. The second-order valence-corrected chi connectivity index (χ2v) is 5.01. The van der Waals surface area contributed by atoms with Crippen LogP contribution in [0.4, 0.5) is 0 Å². The van der Waals surface area contributed by atoms with Crippen LogP contribution in [-0.4, -0.2) is 26.9 Å². The molecule has 100 valence electrons. The van der Waals surface area contributed by atoms with Crippen LogP contribution in [0.15, 0.2) is 0 Å². The number of ether oxygens (including phenoxy) is 1. The molecule has 17 heavy (non-hydrogen) atoms. The first-order chi connectivity index (χ1) is 8.04. The fourth-order valence-electron chi connectivity index (χ4n) is 1.84. The van der Waals surface area contributed by atoms with Crippen LogP contribution in [0.1, 0.15) is 46.0 Å². The summed E-state index contributed by atoms with van der Waals surface area (Å²) in [5.74, 6) is -0.431. The Morgan fingerprint density at radius 1 is 1.41 bits per heavy atom. The van der Waals surface area contributed by atoms with Crippen molar-refractivity contribution < 1.29 is 22.5 Å². The Bertz CT molecular complexity index is 281. The maximum atomic E-state index is 11.6. The molecule has 0 N–H and O–H groups in total. The number of carbonyl (C=O) groups is 1. The van der Waals surface area contributed by atoms with Gasteiger partial charge in [0.25, 0.3) is 0 Å². The third-order valence-electron chi connectivity index (χ3n) is 3.13. The largest absolute Gasteiger partial charge is 0.750 e. The van der Waals surface area contributed by atoms with Crippen LogP contribution in [0.5, 0.6) is 0 Å². The van der Waals surface area contributed by atoms with Gasteiger partial charge < -0.3 is 9.29 Å². The summed E-state index contributed by atoms with van der Waals surface area (Å²) in [6.45, 7) is 3.71.